The van der Waals surface area contributed by atoms with Crippen LogP contribution >= 0.6 is 23.1 Å². The van der Waals surface area contributed by atoms with Crippen LogP contribution in [0, 0.1) is 0 Å². The molecule has 0 spiro atoms. The smallest absolute Gasteiger partial charge is 0.191 e. The number of aliphatic imine (C=N–C) groups is 1. The minimum atomic E-state index is 0.252. The molecule has 1 aliphatic heterocycles. The molecular formula is C16H25N3S2. The minimum absolute atomic E-state index is 0.252. The largest absolute Gasteiger partial charge is 0.370 e. The summed E-state index contributed by atoms with van der Waals surface area (Å²) in [6, 6.07) is 4.46. The van der Waals surface area contributed by atoms with Crippen molar-refractivity contribution in [2.75, 3.05) is 31.1 Å². The van der Waals surface area contributed by atoms with E-state index < -0.39 is 0 Å². The lowest BCUT2D eigenvalue weighted by Crippen LogP contribution is -2.43. The lowest BCUT2D eigenvalue weighted by Gasteiger charge is -2.36. The summed E-state index contributed by atoms with van der Waals surface area (Å²) in [6.07, 6.45) is 6.55. The summed E-state index contributed by atoms with van der Waals surface area (Å²) in [7, 11) is 0. The number of nitrogens with two attached hydrogens (primary N) is 1. The summed E-state index contributed by atoms with van der Waals surface area (Å²) >= 11 is 3.90. The Labute approximate surface area is 136 Å². The third kappa shape index (κ3) is 3.57. The van der Waals surface area contributed by atoms with Crippen molar-refractivity contribution in [2.45, 2.75) is 37.5 Å². The Balaban J connectivity index is 1.72. The van der Waals surface area contributed by atoms with Crippen molar-refractivity contribution in [2.24, 2.45) is 10.7 Å². The summed E-state index contributed by atoms with van der Waals surface area (Å²) in [5.74, 6) is 3.11. The Bertz CT molecular complexity index is 458. The second-order valence-electron chi connectivity index (χ2n) is 6.09. The summed E-state index contributed by atoms with van der Waals surface area (Å²) in [5, 5.41) is 2.20. The maximum atomic E-state index is 6.25. The van der Waals surface area contributed by atoms with Gasteiger partial charge in [0.2, 0.25) is 0 Å². The van der Waals surface area contributed by atoms with Crippen LogP contribution < -0.4 is 5.73 Å². The fraction of sp³-hybridized carbons (Fsp3) is 0.688. The summed E-state index contributed by atoms with van der Waals surface area (Å²) < 4.78 is 0. The Morgan fingerprint density at radius 3 is 2.67 bits per heavy atom. The molecule has 0 radical (unpaired) electrons. The number of thioether (sulfide) groups is 1. The van der Waals surface area contributed by atoms with Crippen LogP contribution in [0.1, 0.15) is 37.0 Å². The number of hydrogen-bond donors (Lipinski definition) is 1. The molecule has 0 unspecified atom stereocenters. The van der Waals surface area contributed by atoms with Gasteiger partial charge in [0.1, 0.15) is 0 Å². The first-order valence-electron chi connectivity index (χ1n) is 7.97. The predicted molar refractivity (Wildman–Crippen MR) is 94.5 cm³/mol. The van der Waals surface area contributed by atoms with Gasteiger partial charge in [0.15, 0.2) is 5.96 Å². The average Bonchev–Trinajstić information content (AvgIpc) is 3.09. The third-order valence-corrected chi connectivity index (χ3v) is 6.79. The number of hydrogen-bond acceptors (Lipinski definition) is 3. The van der Waals surface area contributed by atoms with Gasteiger partial charge in [-0.05, 0) is 24.3 Å². The third-order valence-electron chi connectivity index (χ3n) is 4.73. The van der Waals surface area contributed by atoms with Crippen LogP contribution in [-0.2, 0) is 5.41 Å². The van der Waals surface area contributed by atoms with Crippen LogP contribution in [0.3, 0.4) is 0 Å². The van der Waals surface area contributed by atoms with Gasteiger partial charge in [0.05, 0.1) is 6.54 Å². The molecular weight excluding hydrogens is 298 g/mol. The van der Waals surface area contributed by atoms with Crippen molar-refractivity contribution in [3.8, 4) is 0 Å². The van der Waals surface area contributed by atoms with E-state index >= 15 is 0 Å². The molecule has 5 heteroatoms. The van der Waals surface area contributed by atoms with Gasteiger partial charge in [0.25, 0.3) is 0 Å². The van der Waals surface area contributed by atoms with Crippen LogP contribution in [0.4, 0.5) is 0 Å². The lowest BCUT2D eigenvalue weighted by molar-refractivity contribution is 0.305. The predicted octanol–water partition coefficient (Wildman–Crippen LogP) is 3.31. The van der Waals surface area contributed by atoms with Crippen LogP contribution in [-0.4, -0.2) is 42.0 Å². The zero-order valence-electron chi connectivity index (χ0n) is 12.6. The normalized spacial score (nSPS) is 23.2. The van der Waals surface area contributed by atoms with E-state index in [1.807, 2.05) is 23.1 Å². The molecule has 21 heavy (non-hydrogen) atoms. The SMILES string of the molecule is NC(=NCC1(c2cccs2)CCCCC1)N1CCSCC1. The molecule has 0 amide bonds. The molecule has 2 aliphatic rings. The van der Waals surface area contributed by atoms with Crippen LogP contribution in [0.25, 0.3) is 0 Å². The fourth-order valence-electron chi connectivity index (χ4n) is 3.42. The van der Waals surface area contributed by atoms with Gasteiger partial charge < -0.3 is 10.6 Å². The van der Waals surface area contributed by atoms with E-state index in [0.717, 1.165) is 25.6 Å². The van der Waals surface area contributed by atoms with Crippen LogP contribution in [0.2, 0.25) is 0 Å². The molecule has 0 aromatic carbocycles. The summed E-state index contributed by atoms with van der Waals surface area (Å²) in [4.78, 5) is 8.58. The van der Waals surface area contributed by atoms with Crippen LogP contribution in [0.5, 0.6) is 0 Å². The molecule has 0 bridgehead atoms. The molecule has 1 aliphatic carbocycles. The topological polar surface area (TPSA) is 41.6 Å². The van der Waals surface area contributed by atoms with Gasteiger partial charge in [0, 0.05) is 34.9 Å². The Morgan fingerprint density at radius 1 is 1.24 bits per heavy atom. The van der Waals surface area contributed by atoms with E-state index in [4.69, 9.17) is 10.7 Å². The van der Waals surface area contributed by atoms with Crippen molar-refractivity contribution in [3.63, 3.8) is 0 Å². The monoisotopic (exact) mass is 323 g/mol. The highest BCUT2D eigenvalue weighted by Gasteiger charge is 2.34. The summed E-state index contributed by atoms with van der Waals surface area (Å²) in [6.45, 7) is 2.96. The molecule has 1 saturated carbocycles. The van der Waals surface area contributed by atoms with E-state index in [1.54, 1.807) is 0 Å². The number of guanidine groups is 1. The highest BCUT2D eigenvalue weighted by molar-refractivity contribution is 7.99. The standard InChI is InChI=1S/C16H25N3S2/c17-15(19-8-11-20-12-9-19)18-13-16(6-2-1-3-7-16)14-5-4-10-21-14/h4-5,10H,1-3,6-9,11-13H2,(H2,17,18). The van der Waals surface area contributed by atoms with Crippen molar-refractivity contribution in [1.82, 2.24) is 4.90 Å². The molecule has 2 N–H and O–H groups in total. The fourth-order valence-corrected chi connectivity index (χ4v) is 5.30. The lowest BCUT2D eigenvalue weighted by atomic mass is 9.73. The van der Waals surface area contributed by atoms with E-state index in [1.165, 1.54) is 48.5 Å². The van der Waals surface area contributed by atoms with E-state index in [0.29, 0.717) is 0 Å². The second-order valence-corrected chi connectivity index (χ2v) is 8.26. The summed E-state index contributed by atoms with van der Waals surface area (Å²) in [5.41, 5.74) is 6.50. The molecule has 3 nitrogen and oxygen atoms in total. The van der Waals surface area contributed by atoms with Crippen molar-refractivity contribution in [3.05, 3.63) is 22.4 Å². The number of rotatable bonds is 3. The molecule has 116 valence electrons. The maximum absolute atomic E-state index is 6.25. The van der Waals surface area contributed by atoms with Gasteiger partial charge in [-0.2, -0.15) is 11.8 Å². The van der Waals surface area contributed by atoms with E-state index in [2.05, 4.69) is 22.4 Å². The molecule has 2 fully saturated rings. The Hall–Kier alpha value is -0.680. The van der Waals surface area contributed by atoms with Crippen LogP contribution in [0.15, 0.2) is 22.5 Å². The van der Waals surface area contributed by atoms with Gasteiger partial charge >= 0.3 is 0 Å². The quantitative estimate of drug-likeness (QED) is 0.685. The van der Waals surface area contributed by atoms with Crippen molar-refractivity contribution in [1.29, 1.82) is 0 Å². The molecule has 0 atom stereocenters. The first kappa shape index (κ1) is 15.2. The molecule has 1 aromatic heterocycles. The maximum Gasteiger partial charge on any atom is 0.191 e. The number of nitrogens with zero attached hydrogens (tertiary/aromatic N) is 2. The minimum Gasteiger partial charge on any atom is -0.370 e. The van der Waals surface area contributed by atoms with Gasteiger partial charge in [-0.15, -0.1) is 11.3 Å². The van der Waals surface area contributed by atoms with Crippen molar-refractivity contribution >= 4 is 29.1 Å². The van der Waals surface area contributed by atoms with Gasteiger partial charge in [-0.25, -0.2) is 0 Å². The van der Waals surface area contributed by atoms with E-state index in [-0.39, 0.29) is 5.41 Å². The zero-order valence-corrected chi connectivity index (χ0v) is 14.2. The number of thiophene rings is 1. The Kier molecular flexibility index (Phi) is 5.11. The highest BCUT2D eigenvalue weighted by atomic mass is 32.2. The average molecular weight is 324 g/mol. The van der Waals surface area contributed by atoms with Gasteiger partial charge in [-0.3, -0.25) is 4.99 Å². The van der Waals surface area contributed by atoms with E-state index in [9.17, 15) is 0 Å². The van der Waals surface area contributed by atoms with Crippen molar-refractivity contribution < 1.29 is 0 Å². The molecule has 1 saturated heterocycles. The zero-order chi connectivity index (χ0) is 14.5. The first-order chi connectivity index (χ1) is 10.3. The molecule has 2 heterocycles. The highest BCUT2D eigenvalue weighted by Crippen LogP contribution is 2.41. The second kappa shape index (κ2) is 7.05. The Morgan fingerprint density at radius 2 is 2.00 bits per heavy atom. The molecule has 3 rings (SSSR count). The van der Waals surface area contributed by atoms with Gasteiger partial charge in [-0.1, -0.05) is 25.3 Å². The first-order valence-corrected chi connectivity index (χ1v) is 10.0. The molecule has 1 aromatic rings.